The summed E-state index contributed by atoms with van der Waals surface area (Å²) in [5.41, 5.74) is 2.17. The highest BCUT2D eigenvalue weighted by Crippen LogP contribution is 2.49. The summed E-state index contributed by atoms with van der Waals surface area (Å²) in [4.78, 5) is 11.2. The van der Waals surface area contributed by atoms with Crippen molar-refractivity contribution in [3.63, 3.8) is 0 Å². The van der Waals surface area contributed by atoms with Crippen LogP contribution in [0.4, 0.5) is 0 Å². The number of rotatable bonds is 6. The van der Waals surface area contributed by atoms with Crippen LogP contribution in [-0.2, 0) is 4.79 Å². The predicted molar refractivity (Wildman–Crippen MR) is 82.5 cm³/mol. The predicted octanol–water partition coefficient (Wildman–Crippen LogP) is 4.55. The molecule has 20 heavy (non-hydrogen) atoms. The van der Waals surface area contributed by atoms with E-state index in [2.05, 4.69) is 35.8 Å². The maximum atomic E-state index is 11.2. The largest absolute Gasteiger partial charge is 0.496 e. The van der Waals surface area contributed by atoms with Crippen molar-refractivity contribution in [2.24, 2.45) is 5.92 Å². The first kappa shape index (κ1) is 15.4. The van der Waals surface area contributed by atoms with Crippen LogP contribution in [0.2, 0.25) is 0 Å². The van der Waals surface area contributed by atoms with Crippen LogP contribution in [0.5, 0.6) is 5.75 Å². The summed E-state index contributed by atoms with van der Waals surface area (Å²) < 4.78 is 6.61. The molecular formula is C16H21BrO3. The topological polar surface area (TPSA) is 46.5 Å². The van der Waals surface area contributed by atoms with Crippen LogP contribution in [0.25, 0.3) is 0 Å². The second-order valence-corrected chi connectivity index (χ2v) is 6.73. The van der Waals surface area contributed by atoms with Crippen LogP contribution < -0.4 is 4.74 Å². The van der Waals surface area contributed by atoms with Gasteiger partial charge in [0.15, 0.2) is 0 Å². The highest BCUT2D eigenvalue weighted by atomic mass is 79.9. The molecule has 0 radical (unpaired) electrons. The van der Waals surface area contributed by atoms with Gasteiger partial charge < -0.3 is 9.84 Å². The Morgan fingerprint density at radius 3 is 2.45 bits per heavy atom. The van der Waals surface area contributed by atoms with Gasteiger partial charge in [-0.15, -0.1) is 0 Å². The minimum Gasteiger partial charge on any atom is -0.496 e. The number of carboxylic acids is 1. The molecule has 1 aliphatic rings. The molecule has 3 nitrogen and oxygen atoms in total. The standard InChI is InChI=1S/C16H21BrO3/c1-9(2)12-6-11(17)7-14(16(12)20-3)13(8-15(18)19)10-4-5-10/h6-7,9-10,13H,4-5,8H2,1-3H3,(H,18,19). The lowest BCUT2D eigenvalue weighted by Gasteiger charge is -2.22. The van der Waals surface area contributed by atoms with Crippen molar-refractivity contribution in [1.29, 1.82) is 0 Å². The monoisotopic (exact) mass is 340 g/mol. The lowest BCUT2D eigenvalue weighted by atomic mass is 9.87. The van der Waals surface area contributed by atoms with Crippen molar-refractivity contribution in [2.45, 2.75) is 44.9 Å². The average molecular weight is 341 g/mol. The van der Waals surface area contributed by atoms with Crippen LogP contribution in [0.15, 0.2) is 16.6 Å². The Kier molecular flexibility index (Phi) is 4.74. The lowest BCUT2D eigenvalue weighted by molar-refractivity contribution is -0.137. The summed E-state index contributed by atoms with van der Waals surface area (Å²) in [6, 6.07) is 4.09. The smallest absolute Gasteiger partial charge is 0.303 e. The zero-order valence-corrected chi connectivity index (χ0v) is 13.7. The minimum absolute atomic E-state index is 0.0532. The zero-order valence-electron chi connectivity index (χ0n) is 12.1. The fourth-order valence-electron chi connectivity index (χ4n) is 2.79. The number of aliphatic carboxylic acids is 1. The van der Waals surface area contributed by atoms with E-state index in [1.807, 2.05) is 6.07 Å². The molecule has 1 aromatic carbocycles. The van der Waals surface area contributed by atoms with Crippen molar-refractivity contribution in [3.8, 4) is 5.75 Å². The minimum atomic E-state index is -0.741. The highest BCUT2D eigenvalue weighted by Gasteiger charge is 2.36. The van der Waals surface area contributed by atoms with Crippen molar-refractivity contribution in [3.05, 3.63) is 27.7 Å². The molecule has 1 aliphatic carbocycles. The van der Waals surface area contributed by atoms with E-state index in [1.54, 1.807) is 7.11 Å². The fraction of sp³-hybridized carbons (Fsp3) is 0.562. The van der Waals surface area contributed by atoms with Gasteiger partial charge in [-0.3, -0.25) is 4.79 Å². The molecule has 0 bridgehead atoms. The van der Waals surface area contributed by atoms with Crippen molar-refractivity contribution < 1.29 is 14.6 Å². The average Bonchev–Trinajstić information content (AvgIpc) is 3.18. The van der Waals surface area contributed by atoms with E-state index in [0.29, 0.717) is 11.8 Å². The van der Waals surface area contributed by atoms with Gasteiger partial charge in [0.1, 0.15) is 5.75 Å². The number of carboxylic acid groups (broad SMARTS) is 1. The van der Waals surface area contributed by atoms with Gasteiger partial charge in [0.05, 0.1) is 13.5 Å². The third kappa shape index (κ3) is 3.35. The van der Waals surface area contributed by atoms with Gasteiger partial charge in [-0.05, 0) is 47.9 Å². The molecule has 1 unspecified atom stereocenters. The molecule has 110 valence electrons. The zero-order chi connectivity index (χ0) is 14.9. The van der Waals surface area contributed by atoms with E-state index in [-0.39, 0.29) is 12.3 Å². The Morgan fingerprint density at radius 1 is 1.40 bits per heavy atom. The Balaban J connectivity index is 2.49. The Labute approximate surface area is 128 Å². The SMILES string of the molecule is COc1c(C(C)C)cc(Br)cc1C(CC(=O)O)C1CC1. The molecule has 1 N–H and O–H groups in total. The maximum absolute atomic E-state index is 11.2. The molecule has 0 heterocycles. The van der Waals surface area contributed by atoms with Gasteiger partial charge in [0.25, 0.3) is 0 Å². The summed E-state index contributed by atoms with van der Waals surface area (Å²) in [6.07, 6.45) is 2.41. The van der Waals surface area contributed by atoms with Crippen LogP contribution in [0.1, 0.15) is 56.1 Å². The number of hydrogen-bond donors (Lipinski definition) is 1. The van der Waals surface area contributed by atoms with Crippen molar-refractivity contribution in [1.82, 2.24) is 0 Å². The number of hydrogen-bond acceptors (Lipinski definition) is 2. The Hall–Kier alpha value is -1.03. The molecule has 1 aromatic rings. The molecule has 0 amide bonds. The van der Waals surface area contributed by atoms with Crippen molar-refractivity contribution >= 4 is 21.9 Å². The summed E-state index contributed by atoms with van der Waals surface area (Å²) in [5.74, 6) is 0.994. The Morgan fingerprint density at radius 2 is 2.00 bits per heavy atom. The lowest BCUT2D eigenvalue weighted by Crippen LogP contribution is -2.11. The third-order valence-electron chi connectivity index (χ3n) is 3.92. The first-order valence-corrected chi connectivity index (χ1v) is 7.82. The molecule has 0 aliphatic heterocycles. The molecule has 1 atom stereocenters. The van der Waals surface area contributed by atoms with Gasteiger partial charge in [-0.2, -0.15) is 0 Å². The number of ether oxygens (including phenoxy) is 1. The molecule has 1 fully saturated rings. The molecular weight excluding hydrogens is 320 g/mol. The van der Waals surface area contributed by atoms with E-state index in [9.17, 15) is 9.90 Å². The van der Waals surface area contributed by atoms with E-state index >= 15 is 0 Å². The maximum Gasteiger partial charge on any atom is 0.303 e. The van der Waals surface area contributed by atoms with Crippen LogP contribution >= 0.6 is 15.9 Å². The second-order valence-electron chi connectivity index (χ2n) is 5.81. The van der Waals surface area contributed by atoms with Crippen LogP contribution in [0, 0.1) is 5.92 Å². The van der Waals surface area contributed by atoms with E-state index in [0.717, 1.165) is 34.2 Å². The van der Waals surface area contributed by atoms with Gasteiger partial charge >= 0.3 is 5.97 Å². The molecule has 2 rings (SSSR count). The molecule has 1 saturated carbocycles. The molecule has 0 spiro atoms. The van der Waals surface area contributed by atoms with E-state index < -0.39 is 5.97 Å². The van der Waals surface area contributed by atoms with E-state index in [1.165, 1.54) is 0 Å². The normalized spacial score (nSPS) is 16.2. The first-order chi connectivity index (χ1) is 9.43. The number of carbonyl (C=O) groups is 1. The Bertz CT molecular complexity index is 507. The fourth-order valence-corrected chi connectivity index (χ4v) is 3.29. The van der Waals surface area contributed by atoms with Gasteiger partial charge in [0.2, 0.25) is 0 Å². The van der Waals surface area contributed by atoms with Gasteiger partial charge in [0, 0.05) is 10.4 Å². The summed E-state index contributed by atoms with van der Waals surface area (Å²) in [5, 5.41) is 9.18. The number of methoxy groups -OCH3 is 1. The van der Waals surface area contributed by atoms with Gasteiger partial charge in [-0.1, -0.05) is 29.8 Å². The first-order valence-electron chi connectivity index (χ1n) is 7.03. The number of halogens is 1. The van der Waals surface area contributed by atoms with Gasteiger partial charge in [-0.25, -0.2) is 0 Å². The van der Waals surface area contributed by atoms with Crippen molar-refractivity contribution in [2.75, 3.05) is 7.11 Å². The second kappa shape index (κ2) is 6.17. The molecule has 0 aromatic heterocycles. The van der Waals surface area contributed by atoms with E-state index in [4.69, 9.17) is 4.74 Å². The quantitative estimate of drug-likeness (QED) is 0.826. The third-order valence-corrected chi connectivity index (χ3v) is 4.38. The highest BCUT2D eigenvalue weighted by molar-refractivity contribution is 9.10. The summed E-state index contributed by atoms with van der Waals surface area (Å²) >= 11 is 3.55. The summed E-state index contributed by atoms with van der Waals surface area (Å²) in [7, 11) is 1.67. The molecule has 4 heteroatoms. The van der Waals surface area contributed by atoms with Crippen LogP contribution in [-0.4, -0.2) is 18.2 Å². The number of benzene rings is 1. The molecule has 0 saturated heterocycles. The summed E-state index contributed by atoms with van der Waals surface area (Å²) in [6.45, 7) is 4.24. The van der Waals surface area contributed by atoms with Crippen LogP contribution in [0.3, 0.4) is 0 Å².